The Labute approximate surface area is 160 Å². The second-order valence-corrected chi connectivity index (χ2v) is 5.77. The zero-order valence-corrected chi connectivity index (χ0v) is 15.0. The second-order valence-electron chi connectivity index (χ2n) is 5.77. The number of benzene rings is 2. The SMILES string of the molecule is COC(=O)c1cccc(NC(=O)c2cnc(NCc3ccccc3F)nc2)c1. The van der Waals surface area contributed by atoms with Gasteiger partial charge in [0.25, 0.3) is 5.91 Å². The predicted octanol–water partition coefficient (Wildman–Crippen LogP) is 3.27. The number of halogens is 1. The van der Waals surface area contributed by atoms with Gasteiger partial charge in [0, 0.05) is 30.2 Å². The Morgan fingerprint density at radius 3 is 2.50 bits per heavy atom. The summed E-state index contributed by atoms with van der Waals surface area (Å²) in [4.78, 5) is 32.0. The van der Waals surface area contributed by atoms with E-state index in [0.29, 0.717) is 16.8 Å². The molecule has 28 heavy (non-hydrogen) atoms. The van der Waals surface area contributed by atoms with Crippen LogP contribution in [-0.2, 0) is 11.3 Å². The molecule has 2 N–H and O–H groups in total. The summed E-state index contributed by atoms with van der Waals surface area (Å²) in [7, 11) is 1.28. The minimum absolute atomic E-state index is 0.221. The van der Waals surface area contributed by atoms with Crippen LogP contribution in [0.25, 0.3) is 0 Å². The lowest BCUT2D eigenvalue weighted by Gasteiger charge is -2.08. The molecule has 0 fully saturated rings. The molecule has 1 amide bonds. The van der Waals surface area contributed by atoms with Crippen LogP contribution in [0.5, 0.6) is 0 Å². The molecule has 0 aliphatic carbocycles. The summed E-state index contributed by atoms with van der Waals surface area (Å²) in [5, 5.41) is 5.56. The van der Waals surface area contributed by atoms with Gasteiger partial charge in [-0.3, -0.25) is 4.79 Å². The van der Waals surface area contributed by atoms with Crippen LogP contribution in [0.1, 0.15) is 26.3 Å². The van der Waals surface area contributed by atoms with Gasteiger partial charge >= 0.3 is 5.97 Å². The Kier molecular flexibility index (Phi) is 5.91. The van der Waals surface area contributed by atoms with E-state index in [9.17, 15) is 14.0 Å². The molecule has 7 nitrogen and oxygen atoms in total. The second kappa shape index (κ2) is 8.72. The Balaban J connectivity index is 1.62. The number of anilines is 2. The number of carbonyl (C=O) groups is 2. The summed E-state index contributed by atoms with van der Waals surface area (Å²) in [5.41, 5.74) is 1.48. The highest BCUT2D eigenvalue weighted by molar-refractivity contribution is 6.04. The van der Waals surface area contributed by atoms with Gasteiger partial charge in [0.05, 0.1) is 18.2 Å². The normalized spacial score (nSPS) is 10.2. The van der Waals surface area contributed by atoms with E-state index in [1.165, 1.54) is 31.6 Å². The lowest BCUT2D eigenvalue weighted by molar-refractivity contribution is 0.0600. The number of methoxy groups -OCH3 is 1. The highest BCUT2D eigenvalue weighted by atomic mass is 19.1. The molecule has 2 aromatic carbocycles. The molecule has 0 saturated heterocycles. The smallest absolute Gasteiger partial charge is 0.337 e. The van der Waals surface area contributed by atoms with E-state index < -0.39 is 11.9 Å². The highest BCUT2D eigenvalue weighted by Crippen LogP contribution is 2.13. The maximum absolute atomic E-state index is 13.6. The number of nitrogens with one attached hydrogen (secondary N) is 2. The van der Waals surface area contributed by atoms with Gasteiger partial charge in [-0.2, -0.15) is 0 Å². The van der Waals surface area contributed by atoms with Crippen LogP contribution in [-0.4, -0.2) is 29.0 Å². The van der Waals surface area contributed by atoms with Crippen LogP contribution in [0.15, 0.2) is 60.9 Å². The number of carbonyl (C=O) groups excluding carboxylic acids is 2. The number of aromatic nitrogens is 2. The van der Waals surface area contributed by atoms with Crippen molar-refractivity contribution >= 4 is 23.5 Å². The standard InChI is InChI=1S/C20H17FN4O3/c1-28-19(27)13-6-4-7-16(9-13)25-18(26)15-11-23-20(24-12-15)22-10-14-5-2-3-8-17(14)21/h2-9,11-12H,10H2,1H3,(H,25,26)(H,22,23,24). The monoisotopic (exact) mass is 380 g/mol. The molecule has 1 heterocycles. The number of hydrogen-bond acceptors (Lipinski definition) is 6. The van der Waals surface area contributed by atoms with Crippen LogP contribution < -0.4 is 10.6 Å². The lowest BCUT2D eigenvalue weighted by Crippen LogP contribution is -2.14. The fraction of sp³-hybridized carbons (Fsp3) is 0.100. The van der Waals surface area contributed by atoms with E-state index in [1.54, 1.807) is 36.4 Å². The van der Waals surface area contributed by atoms with E-state index in [-0.39, 0.29) is 23.9 Å². The van der Waals surface area contributed by atoms with Crippen LogP contribution in [0.4, 0.5) is 16.0 Å². The van der Waals surface area contributed by atoms with Crippen molar-refractivity contribution in [2.24, 2.45) is 0 Å². The number of nitrogens with zero attached hydrogens (tertiary/aromatic N) is 2. The molecule has 142 valence electrons. The maximum Gasteiger partial charge on any atom is 0.337 e. The molecule has 0 aliphatic heterocycles. The van der Waals surface area contributed by atoms with Gasteiger partial charge in [0.2, 0.25) is 5.95 Å². The molecule has 3 rings (SSSR count). The average molecular weight is 380 g/mol. The van der Waals surface area contributed by atoms with Crippen molar-refractivity contribution in [1.82, 2.24) is 9.97 Å². The van der Waals surface area contributed by atoms with E-state index >= 15 is 0 Å². The third-order valence-corrected chi connectivity index (χ3v) is 3.85. The molecule has 8 heteroatoms. The Bertz CT molecular complexity index is 993. The first-order valence-corrected chi connectivity index (χ1v) is 8.36. The number of amides is 1. The molecule has 1 aromatic heterocycles. The summed E-state index contributed by atoms with van der Waals surface area (Å²) >= 11 is 0. The fourth-order valence-electron chi connectivity index (χ4n) is 2.40. The summed E-state index contributed by atoms with van der Waals surface area (Å²) in [5.74, 6) is -0.972. The van der Waals surface area contributed by atoms with Crippen LogP contribution >= 0.6 is 0 Å². The molecule has 0 unspecified atom stereocenters. The molecule has 0 radical (unpaired) electrons. The largest absolute Gasteiger partial charge is 0.465 e. The first-order chi connectivity index (χ1) is 13.6. The first kappa shape index (κ1) is 19.0. The summed E-state index contributed by atoms with van der Waals surface area (Å²) in [6.07, 6.45) is 2.71. The molecule has 0 aliphatic rings. The average Bonchev–Trinajstić information content (AvgIpc) is 2.73. The molecule has 0 spiro atoms. The van der Waals surface area contributed by atoms with Crippen molar-refractivity contribution in [3.8, 4) is 0 Å². The van der Waals surface area contributed by atoms with Crippen LogP contribution in [0.2, 0.25) is 0 Å². The van der Waals surface area contributed by atoms with E-state index in [0.717, 1.165) is 0 Å². The van der Waals surface area contributed by atoms with Crippen molar-refractivity contribution in [3.05, 3.63) is 83.4 Å². The fourth-order valence-corrected chi connectivity index (χ4v) is 2.40. The zero-order chi connectivity index (χ0) is 19.9. The van der Waals surface area contributed by atoms with Crippen molar-refractivity contribution in [2.75, 3.05) is 17.7 Å². The first-order valence-electron chi connectivity index (χ1n) is 8.36. The van der Waals surface area contributed by atoms with Gasteiger partial charge < -0.3 is 15.4 Å². The maximum atomic E-state index is 13.6. The molecular formula is C20H17FN4O3. The molecule has 0 bridgehead atoms. The van der Waals surface area contributed by atoms with Crippen molar-refractivity contribution in [3.63, 3.8) is 0 Å². The molecule has 0 saturated carbocycles. The number of ether oxygens (including phenoxy) is 1. The third kappa shape index (κ3) is 4.67. The van der Waals surface area contributed by atoms with Crippen molar-refractivity contribution in [2.45, 2.75) is 6.54 Å². The van der Waals surface area contributed by atoms with Crippen LogP contribution in [0.3, 0.4) is 0 Å². The zero-order valence-electron chi connectivity index (χ0n) is 15.0. The van der Waals surface area contributed by atoms with Gasteiger partial charge in [-0.25, -0.2) is 19.2 Å². The third-order valence-electron chi connectivity index (χ3n) is 3.85. The molecule has 3 aromatic rings. The molecular weight excluding hydrogens is 363 g/mol. The molecule has 0 atom stereocenters. The topological polar surface area (TPSA) is 93.2 Å². The quantitative estimate of drug-likeness (QED) is 0.638. The van der Waals surface area contributed by atoms with Crippen molar-refractivity contribution in [1.29, 1.82) is 0 Å². The van der Waals surface area contributed by atoms with Gasteiger partial charge in [-0.05, 0) is 24.3 Å². The van der Waals surface area contributed by atoms with Gasteiger partial charge in [0.1, 0.15) is 5.82 Å². The Morgan fingerprint density at radius 1 is 1.04 bits per heavy atom. The predicted molar refractivity (Wildman–Crippen MR) is 101 cm³/mol. The highest BCUT2D eigenvalue weighted by Gasteiger charge is 2.11. The number of esters is 1. The summed E-state index contributed by atoms with van der Waals surface area (Å²) in [6, 6.07) is 12.8. The van der Waals surface area contributed by atoms with Gasteiger partial charge in [-0.15, -0.1) is 0 Å². The summed E-state index contributed by atoms with van der Waals surface area (Å²) < 4.78 is 18.3. The minimum Gasteiger partial charge on any atom is -0.465 e. The Morgan fingerprint density at radius 2 is 1.79 bits per heavy atom. The van der Waals surface area contributed by atoms with E-state index in [4.69, 9.17) is 0 Å². The van der Waals surface area contributed by atoms with E-state index in [1.807, 2.05) is 0 Å². The summed E-state index contributed by atoms with van der Waals surface area (Å²) in [6.45, 7) is 0.221. The van der Waals surface area contributed by atoms with Crippen LogP contribution in [0, 0.1) is 5.82 Å². The van der Waals surface area contributed by atoms with Crippen molar-refractivity contribution < 1.29 is 18.7 Å². The van der Waals surface area contributed by atoms with Gasteiger partial charge in [0.15, 0.2) is 0 Å². The minimum atomic E-state index is -0.496. The van der Waals surface area contributed by atoms with E-state index in [2.05, 4.69) is 25.3 Å². The number of hydrogen-bond donors (Lipinski definition) is 2. The lowest BCUT2D eigenvalue weighted by atomic mass is 10.2. The van der Waals surface area contributed by atoms with Gasteiger partial charge in [-0.1, -0.05) is 24.3 Å². The Hall–Kier alpha value is -3.81. The number of rotatable bonds is 6.